The zero-order valence-electron chi connectivity index (χ0n) is 11.6. The van der Waals surface area contributed by atoms with Crippen molar-refractivity contribution in [1.82, 2.24) is 4.98 Å². The molecule has 0 aliphatic heterocycles. The summed E-state index contributed by atoms with van der Waals surface area (Å²) in [5.41, 5.74) is 2.45. The molecule has 0 radical (unpaired) electrons. The van der Waals surface area contributed by atoms with Gasteiger partial charge in [-0.15, -0.1) is 0 Å². The van der Waals surface area contributed by atoms with Crippen LogP contribution in [0, 0.1) is 13.8 Å². The Morgan fingerprint density at radius 1 is 1.29 bits per heavy atom. The van der Waals surface area contributed by atoms with Crippen molar-refractivity contribution >= 4 is 31.6 Å². The highest BCUT2D eigenvalue weighted by molar-refractivity contribution is 9.10. The molecule has 2 aromatic rings. The molecule has 0 spiro atoms. The first kappa shape index (κ1) is 15.9. The molecule has 0 fully saturated rings. The molecule has 0 saturated heterocycles. The molecule has 7 heteroatoms. The summed E-state index contributed by atoms with van der Waals surface area (Å²) in [4.78, 5) is 4.12. The van der Waals surface area contributed by atoms with Crippen molar-refractivity contribution in [2.24, 2.45) is 0 Å². The molecule has 5 nitrogen and oxygen atoms in total. The molecule has 21 heavy (non-hydrogen) atoms. The highest BCUT2D eigenvalue weighted by Crippen LogP contribution is 2.29. The quantitative estimate of drug-likeness (QED) is 0.866. The molecule has 2 N–H and O–H groups in total. The molecule has 0 unspecified atom stereocenters. The minimum Gasteiger partial charge on any atom is -0.392 e. The zero-order valence-corrected chi connectivity index (χ0v) is 14.0. The molecular formula is C14H15BrN2O3S. The van der Waals surface area contributed by atoms with Gasteiger partial charge in [0.25, 0.3) is 10.0 Å². The van der Waals surface area contributed by atoms with E-state index in [0.29, 0.717) is 15.7 Å². The van der Waals surface area contributed by atoms with E-state index in [2.05, 4.69) is 25.6 Å². The topological polar surface area (TPSA) is 79.3 Å². The van der Waals surface area contributed by atoms with Crippen LogP contribution in [0.1, 0.15) is 16.8 Å². The number of anilines is 1. The Hall–Kier alpha value is -1.44. The van der Waals surface area contributed by atoms with Crippen LogP contribution in [0.4, 0.5) is 5.69 Å². The molecule has 0 atom stereocenters. The van der Waals surface area contributed by atoms with Gasteiger partial charge in [0.2, 0.25) is 0 Å². The summed E-state index contributed by atoms with van der Waals surface area (Å²) < 4.78 is 28.0. The Bertz CT molecular complexity index is 776. The number of pyridine rings is 1. The number of rotatable bonds is 4. The predicted molar refractivity (Wildman–Crippen MR) is 84.6 cm³/mol. The van der Waals surface area contributed by atoms with Crippen LogP contribution in [0.15, 0.2) is 39.8 Å². The maximum Gasteiger partial charge on any atom is 0.263 e. The molecule has 2 rings (SSSR count). The summed E-state index contributed by atoms with van der Waals surface area (Å²) >= 11 is 3.29. The van der Waals surface area contributed by atoms with Gasteiger partial charge in [-0.2, -0.15) is 0 Å². The lowest BCUT2D eigenvalue weighted by molar-refractivity contribution is 0.281. The van der Waals surface area contributed by atoms with Gasteiger partial charge in [-0.3, -0.25) is 9.71 Å². The van der Waals surface area contributed by atoms with Gasteiger partial charge < -0.3 is 5.11 Å². The lowest BCUT2D eigenvalue weighted by Crippen LogP contribution is -2.14. The van der Waals surface area contributed by atoms with Gasteiger partial charge in [0, 0.05) is 16.4 Å². The SMILES string of the molecule is Cc1cc(NS(=O)(=O)c2cc(CO)cc(C)c2Br)ccn1. The van der Waals surface area contributed by atoms with Gasteiger partial charge in [0.05, 0.1) is 12.3 Å². The van der Waals surface area contributed by atoms with Crippen LogP contribution in [-0.2, 0) is 16.6 Å². The number of aliphatic hydroxyl groups excluding tert-OH is 1. The second-order valence-corrected chi connectivity index (χ2v) is 7.12. The van der Waals surface area contributed by atoms with E-state index in [9.17, 15) is 13.5 Å². The predicted octanol–water partition coefficient (Wildman–Crippen LogP) is 2.75. The fourth-order valence-electron chi connectivity index (χ4n) is 1.92. The first-order valence-electron chi connectivity index (χ1n) is 6.19. The number of benzene rings is 1. The van der Waals surface area contributed by atoms with E-state index in [-0.39, 0.29) is 11.5 Å². The highest BCUT2D eigenvalue weighted by atomic mass is 79.9. The fraction of sp³-hybridized carbons (Fsp3) is 0.214. The molecule has 1 aromatic carbocycles. The number of aliphatic hydroxyl groups is 1. The maximum atomic E-state index is 12.5. The van der Waals surface area contributed by atoms with Gasteiger partial charge in [-0.05, 0) is 59.1 Å². The van der Waals surface area contributed by atoms with Gasteiger partial charge in [0.15, 0.2) is 0 Å². The van der Waals surface area contributed by atoms with Crippen LogP contribution < -0.4 is 4.72 Å². The van der Waals surface area contributed by atoms with Crippen LogP contribution in [0.5, 0.6) is 0 Å². The number of nitrogens with one attached hydrogen (secondary N) is 1. The summed E-state index contributed by atoms with van der Waals surface area (Å²) in [5, 5.41) is 9.23. The van der Waals surface area contributed by atoms with E-state index in [1.54, 1.807) is 32.0 Å². The van der Waals surface area contributed by atoms with Gasteiger partial charge in [-0.1, -0.05) is 6.07 Å². The molecule has 0 amide bonds. The van der Waals surface area contributed by atoms with Crippen LogP contribution in [0.25, 0.3) is 0 Å². The van der Waals surface area contributed by atoms with E-state index in [1.165, 1.54) is 12.3 Å². The fourth-order valence-corrected chi connectivity index (χ4v) is 4.03. The number of sulfonamides is 1. The number of hydrogen-bond acceptors (Lipinski definition) is 4. The van der Waals surface area contributed by atoms with Crippen molar-refractivity contribution in [3.63, 3.8) is 0 Å². The van der Waals surface area contributed by atoms with Crippen molar-refractivity contribution in [2.45, 2.75) is 25.3 Å². The van der Waals surface area contributed by atoms with Gasteiger partial charge >= 0.3 is 0 Å². The molecule has 0 aliphatic carbocycles. The van der Waals surface area contributed by atoms with E-state index in [4.69, 9.17) is 0 Å². The largest absolute Gasteiger partial charge is 0.392 e. The summed E-state index contributed by atoms with van der Waals surface area (Å²) in [6.07, 6.45) is 1.54. The highest BCUT2D eigenvalue weighted by Gasteiger charge is 2.20. The number of halogens is 1. The molecule has 1 aromatic heterocycles. The van der Waals surface area contributed by atoms with Crippen LogP contribution in [0.3, 0.4) is 0 Å². The maximum absolute atomic E-state index is 12.5. The number of aromatic nitrogens is 1. The van der Waals surface area contributed by atoms with Crippen molar-refractivity contribution in [1.29, 1.82) is 0 Å². The average Bonchev–Trinajstić information content (AvgIpc) is 2.41. The molecule has 1 heterocycles. The third kappa shape index (κ3) is 3.61. The molecule has 0 saturated carbocycles. The van der Waals surface area contributed by atoms with Crippen molar-refractivity contribution in [3.05, 3.63) is 51.8 Å². The summed E-state index contributed by atoms with van der Waals surface area (Å²) in [7, 11) is -3.75. The Balaban J connectivity index is 2.47. The first-order valence-corrected chi connectivity index (χ1v) is 8.46. The van der Waals surface area contributed by atoms with Crippen molar-refractivity contribution < 1.29 is 13.5 Å². The van der Waals surface area contributed by atoms with Crippen LogP contribution >= 0.6 is 15.9 Å². The van der Waals surface area contributed by atoms with Crippen LogP contribution in [0.2, 0.25) is 0 Å². The molecule has 0 bridgehead atoms. The molecular weight excluding hydrogens is 356 g/mol. The third-order valence-electron chi connectivity index (χ3n) is 2.90. The van der Waals surface area contributed by atoms with E-state index < -0.39 is 10.0 Å². The van der Waals surface area contributed by atoms with Gasteiger partial charge in [0.1, 0.15) is 4.90 Å². The summed E-state index contributed by atoms with van der Waals surface area (Å²) in [6.45, 7) is 3.34. The Labute approximate surface area is 132 Å². The average molecular weight is 371 g/mol. The third-order valence-corrected chi connectivity index (χ3v) is 5.62. The number of hydrogen-bond donors (Lipinski definition) is 2. The van der Waals surface area contributed by atoms with E-state index in [1.807, 2.05) is 0 Å². The monoisotopic (exact) mass is 370 g/mol. The first-order chi connectivity index (χ1) is 9.83. The lowest BCUT2D eigenvalue weighted by atomic mass is 10.1. The zero-order chi connectivity index (χ0) is 15.6. The number of aryl methyl sites for hydroxylation is 2. The van der Waals surface area contributed by atoms with Crippen molar-refractivity contribution in [2.75, 3.05) is 4.72 Å². The van der Waals surface area contributed by atoms with E-state index in [0.717, 1.165) is 11.3 Å². The number of nitrogens with zero attached hydrogens (tertiary/aromatic N) is 1. The van der Waals surface area contributed by atoms with E-state index >= 15 is 0 Å². The molecule has 0 aliphatic rings. The Morgan fingerprint density at radius 2 is 2.00 bits per heavy atom. The normalized spacial score (nSPS) is 11.4. The minimum absolute atomic E-state index is 0.0982. The Kier molecular flexibility index (Phi) is 4.65. The second kappa shape index (κ2) is 6.13. The second-order valence-electron chi connectivity index (χ2n) is 4.67. The minimum atomic E-state index is -3.75. The summed E-state index contributed by atoms with van der Waals surface area (Å²) in [5.74, 6) is 0. The standard InChI is InChI=1S/C14H15BrN2O3S/c1-9-5-11(8-18)7-13(14(9)15)21(19,20)17-12-3-4-16-10(2)6-12/h3-7,18H,8H2,1-2H3,(H,16,17). The van der Waals surface area contributed by atoms with Crippen molar-refractivity contribution in [3.8, 4) is 0 Å². The smallest absolute Gasteiger partial charge is 0.263 e. The Morgan fingerprint density at radius 3 is 2.62 bits per heavy atom. The summed E-state index contributed by atoms with van der Waals surface area (Å²) in [6, 6.07) is 6.42. The van der Waals surface area contributed by atoms with Gasteiger partial charge in [-0.25, -0.2) is 8.42 Å². The molecule has 112 valence electrons. The van der Waals surface area contributed by atoms with Crippen LogP contribution in [-0.4, -0.2) is 18.5 Å². The lowest BCUT2D eigenvalue weighted by Gasteiger charge is -2.13.